The Morgan fingerprint density at radius 2 is 2.22 bits per heavy atom. The summed E-state index contributed by atoms with van der Waals surface area (Å²) in [5.41, 5.74) is 3.38. The zero-order valence-corrected chi connectivity index (χ0v) is 11.2. The molecule has 0 bridgehead atoms. The van der Waals surface area contributed by atoms with E-state index >= 15 is 0 Å². The maximum atomic E-state index is 10.9. The number of halogens is 1. The second kappa shape index (κ2) is 5.57. The molecule has 0 saturated heterocycles. The van der Waals surface area contributed by atoms with E-state index in [2.05, 4.69) is 13.0 Å². The number of carboxylic acids is 1. The van der Waals surface area contributed by atoms with Crippen LogP contribution in [0.25, 0.3) is 5.57 Å². The zero-order chi connectivity index (χ0) is 13.1. The van der Waals surface area contributed by atoms with Crippen molar-refractivity contribution < 1.29 is 9.90 Å². The van der Waals surface area contributed by atoms with Crippen molar-refractivity contribution in [2.75, 3.05) is 0 Å². The highest BCUT2D eigenvalue weighted by atomic mass is 35.5. The maximum absolute atomic E-state index is 10.9. The third-order valence-corrected chi connectivity index (χ3v) is 3.70. The first kappa shape index (κ1) is 13.2. The minimum atomic E-state index is -0.779. The Morgan fingerprint density at radius 1 is 1.44 bits per heavy atom. The van der Waals surface area contributed by atoms with Gasteiger partial charge in [-0.15, -0.1) is 0 Å². The average molecular weight is 265 g/mol. The Morgan fingerprint density at radius 3 is 2.89 bits per heavy atom. The molecule has 0 aromatic heterocycles. The molecule has 1 aliphatic rings. The number of hydrogen-bond donors (Lipinski definition) is 1. The fourth-order valence-corrected chi connectivity index (χ4v) is 2.86. The minimum absolute atomic E-state index is 0.0712. The van der Waals surface area contributed by atoms with Gasteiger partial charge < -0.3 is 5.11 Å². The standard InChI is InChI=1S/C15H17ClO2/c1-2-3-5-10-8-11(9-14(17)18)15-12(10)6-4-7-13(15)16/h4,6-8,11H,2-3,5,9H2,1H3,(H,17,18). The van der Waals surface area contributed by atoms with Crippen LogP contribution in [0.1, 0.15) is 49.7 Å². The third-order valence-electron chi connectivity index (χ3n) is 3.37. The lowest BCUT2D eigenvalue weighted by molar-refractivity contribution is -0.137. The first-order valence-electron chi connectivity index (χ1n) is 6.34. The summed E-state index contributed by atoms with van der Waals surface area (Å²) >= 11 is 6.22. The highest BCUT2D eigenvalue weighted by Gasteiger charge is 2.26. The van der Waals surface area contributed by atoms with E-state index in [4.69, 9.17) is 16.7 Å². The summed E-state index contributed by atoms with van der Waals surface area (Å²) in [5, 5.41) is 9.66. The fraction of sp³-hybridized carbons (Fsp3) is 0.400. The van der Waals surface area contributed by atoms with E-state index in [1.54, 1.807) is 0 Å². The van der Waals surface area contributed by atoms with E-state index in [0.29, 0.717) is 5.02 Å². The fourth-order valence-electron chi connectivity index (χ4n) is 2.54. The molecule has 0 amide bonds. The molecular formula is C15H17ClO2. The maximum Gasteiger partial charge on any atom is 0.304 e. The Hall–Kier alpha value is -1.28. The van der Waals surface area contributed by atoms with Gasteiger partial charge in [-0.25, -0.2) is 0 Å². The van der Waals surface area contributed by atoms with E-state index in [-0.39, 0.29) is 12.3 Å². The van der Waals surface area contributed by atoms with Gasteiger partial charge in [-0.05, 0) is 35.6 Å². The first-order chi connectivity index (χ1) is 8.63. The molecule has 0 aliphatic heterocycles. The SMILES string of the molecule is CCCCC1=CC(CC(=O)O)c2c(Cl)cccc21. The number of rotatable bonds is 5. The number of carboxylic acid groups (broad SMARTS) is 1. The van der Waals surface area contributed by atoms with Crippen LogP contribution >= 0.6 is 11.6 Å². The predicted octanol–water partition coefficient (Wildman–Crippen LogP) is 4.49. The van der Waals surface area contributed by atoms with Crippen molar-refractivity contribution in [2.45, 2.75) is 38.5 Å². The quantitative estimate of drug-likeness (QED) is 0.851. The average Bonchev–Trinajstić information content (AvgIpc) is 2.65. The van der Waals surface area contributed by atoms with E-state index in [0.717, 1.165) is 30.4 Å². The molecule has 0 heterocycles. The molecule has 1 aliphatic carbocycles. The molecular weight excluding hydrogens is 248 g/mol. The van der Waals surface area contributed by atoms with Crippen molar-refractivity contribution in [3.8, 4) is 0 Å². The van der Waals surface area contributed by atoms with Gasteiger partial charge in [0.2, 0.25) is 0 Å². The summed E-state index contributed by atoms with van der Waals surface area (Å²) in [6, 6.07) is 5.82. The summed E-state index contributed by atoms with van der Waals surface area (Å²) in [4.78, 5) is 10.9. The smallest absolute Gasteiger partial charge is 0.304 e. The second-order valence-corrected chi connectivity index (χ2v) is 5.11. The lowest BCUT2D eigenvalue weighted by Gasteiger charge is -2.10. The summed E-state index contributed by atoms with van der Waals surface area (Å²) in [6.07, 6.45) is 5.46. The van der Waals surface area contributed by atoms with Crippen LogP contribution < -0.4 is 0 Å². The third kappa shape index (κ3) is 2.59. The van der Waals surface area contributed by atoms with Crippen LogP contribution in [-0.4, -0.2) is 11.1 Å². The Labute approximate surface area is 112 Å². The normalized spacial score (nSPS) is 17.4. The van der Waals surface area contributed by atoms with Gasteiger partial charge in [-0.1, -0.05) is 43.2 Å². The van der Waals surface area contributed by atoms with E-state index in [9.17, 15) is 4.79 Å². The molecule has 2 nitrogen and oxygen atoms in total. The van der Waals surface area contributed by atoms with Crippen molar-refractivity contribution in [3.63, 3.8) is 0 Å². The van der Waals surface area contributed by atoms with Crippen molar-refractivity contribution >= 4 is 23.1 Å². The van der Waals surface area contributed by atoms with E-state index in [1.165, 1.54) is 5.57 Å². The number of hydrogen-bond acceptors (Lipinski definition) is 1. The summed E-state index contributed by atoms with van der Waals surface area (Å²) in [6.45, 7) is 2.16. The van der Waals surface area contributed by atoms with Gasteiger partial charge in [0.05, 0.1) is 6.42 Å². The summed E-state index contributed by atoms with van der Waals surface area (Å²) in [5.74, 6) is -0.850. The number of benzene rings is 1. The van der Waals surface area contributed by atoms with Crippen LogP contribution in [0, 0.1) is 0 Å². The Kier molecular flexibility index (Phi) is 4.07. The molecule has 1 atom stereocenters. The van der Waals surface area contributed by atoms with Crippen LogP contribution in [0.5, 0.6) is 0 Å². The summed E-state index contributed by atoms with van der Waals surface area (Å²) < 4.78 is 0. The lowest BCUT2D eigenvalue weighted by atomic mass is 9.97. The number of aliphatic carboxylic acids is 1. The molecule has 96 valence electrons. The molecule has 0 radical (unpaired) electrons. The molecule has 0 spiro atoms. The van der Waals surface area contributed by atoms with Gasteiger partial charge in [0.25, 0.3) is 0 Å². The molecule has 2 rings (SSSR count). The molecule has 0 fully saturated rings. The number of allylic oxidation sites excluding steroid dienone is 2. The molecule has 18 heavy (non-hydrogen) atoms. The van der Waals surface area contributed by atoms with Crippen LogP contribution in [0.3, 0.4) is 0 Å². The van der Waals surface area contributed by atoms with Gasteiger partial charge in [-0.2, -0.15) is 0 Å². The zero-order valence-electron chi connectivity index (χ0n) is 10.4. The van der Waals surface area contributed by atoms with Gasteiger partial charge in [-0.3, -0.25) is 4.79 Å². The number of carbonyl (C=O) groups is 1. The Bertz CT molecular complexity index is 491. The van der Waals surface area contributed by atoms with Crippen LogP contribution in [0.4, 0.5) is 0 Å². The molecule has 1 aromatic rings. The highest BCUT2D eigenvalue weighted by Crippen LogP contribution is 2.43. The first-order valence-corrected chi connectivity index (χ1v) is 6.72. The lowest BCUT2D eigenvalue weighted by Crippen LogP contribution is -2.03. The van der Waals surface area contributed by atoms with Crippen LogP contribution in [-0.2, 0) is 4.79 Å². The topological polar surface area (TPSA) is 37.3 Å². The van der Waals surface area contributed by atoms with Crippen molar-refractivity contribution in [3.05, 3.63) is 40.4 Å². The number of unbranched alkanes of at least 4 members (excludes halogenated alkanes) is 1. The van der Waals surface area contributed by atoms with E-state index < -0.39 is 5.97 Å². The van der Waals surface area contributed by atoms with Crippen molar-refractivity contribution in [1.29, 1.82) is 0 Å². The highest BCUT2D eigenvalue weighted by molar-refractivity contribution is 6.31. The van der Waals surface area contributed by atoms with Gasteiger partial charge >= 0.3 is 5.97 Å². The van der Waals surface area contributed by atoms with Crippen LogP contribution in [0.15, 0.2) is 24.3 Å². The monoisotopic (exact) mass is 264 g/mol. The van der Waals surface area contributed by atoms with Gasteiger partial charge in [0.15, 0.2) is 0 Å². The predicted molar refractivity (Wildman–Crippen MR) is 73.9 cm³/mol. The van der Waals surface area contributed by atoms with Gasteiger partial charge in [0, 0.05) is 10.9 Å². The number of fused-ring (bicyclic) bond motifs is 1. The molecule has 1 aromatic carbocycles. The van der Waals surface area contributed by atoms with Crippen molar-refractivity contribution in [1.82, 2.24) is 0 Å². The summed E-state index contributed by atoms with van der Waals surface area (Å²) in [7, 11) is 0. The minimum Gasteiger partial charge on any atom is -0.481 e. The largest absolute Gasteiger partial charge is 0.481 e. The van der Waals surface area contributed by atoms with Crippen molar-refractivity contribution in [2.24, 2.45) is 0 Å². The van der Waals surface area contributed by atoms with Crippen LogP contribution in [0.2, 0.25) is 5.02 Å². The second-order valence-electron chi connectivity index (χ2n) is 4.70. The molecule has 0 saturated carbocycles. The van der Waals surface area contributed by atoms with Gasteiger partial charge in [0.1, 0.15) is 0 Å². The Balaban J connectivity index is 2.34. The van der Waals surface area contributed by atoms with E-state index in [1.807, 2.05) is 18.2 Å². The molecule has 1 unspecified atom stereocenters. The molecule has 1 N–H and O–H groups in total. The molecule has 3 heteroatoms.